The van der Waals surface area contributed by atoms with Crippen LogP contribution in [0, 0.1) is 0 Å². The van der Waals surface area contributed by atoms with Gasteiger partial charge in [-0.2, -0.15) is 13.2 Å². The predicted molar refractivity (Wildman–Crippen MR) is 125 cm³/mol. The van der Waals surface area contributed by atoms with E-state index in [4.69, 9.17) is 23.2 Å². The summed E-state index contributed by atoms with van der Waals surface area (Å²) < 4.78 is 62.0. The number of nitrogens with zero attached hydrogens (tertiary/aromatic N) is 2. The van der Waals surface area contributed by atoms with Crippen LogP contribution in [-0.2, 0) is 30.4 Å². The van der Waals surface area contributed by atoms with E-state index in [0.717, 1.165) is 6.07 Å². The number of anilines is 1. The lowest BCUT2D eigenvalue weighted by Gasteiger charge is -2.20. The number of nitrogens with one attached hydrogen (secondary N) is 1. The van der Waals surface area contributed by atoms with Gasteiger partial charge in [0.05, 0.1) is 33.5 Å². The molecule has 2 N–H and O–H groups in total. The Bertz CT molecular complexity index is 1190. The Morgan fingerprint density at radius 3 is 2.44 bits per heavy atom. The summed E-state index contributed by atoms with van der Waals surface area (Å²) in [6.45, 7) is -0.280. The van der Waals surface area contributed by atoms with Crippen LogP contribution in [0.4, 0.5) is 18.9 Å². The number of alkyl halides is 3. The number of carbonyl (C=O) groups is 1. The van der Waals surface area contributed by atoms with Gasteiger partial charge < -0.3 is 5.32 Å². The molecule has 0 radical (unpaired) electrons. The monoisotopic (exact) mass is 531 g/mol. The third-order valence-corrected chi connectivity index (χ3v) is 6.46. The summed E-state index contributed by atoms with van der Waals surface area (Å²) in [6, 6.07) is 12.9. The molecule has 0 aliphatic heterocycles. The summed E-state index contributed by atoms with van der Waals surface area (Å²) in [5.74, 6) is -0.618. The van der Waals surface area contributed by atoms with Crippen LogP contribution in [0.15, 0.2) is 60.8 Å². The summed E-state index contributed by atoms with van der Waals surface area (Å²) in [6.07, 6.45) is -3.04. The lowest BCUT2D eigenvalue weighted by Crippen LogP contribution is -2.28. The number of amides is 1. The number of halogens is 5. The first-order valence-electron chi connectivity index (χ1n) is 9.78. The number of hydrogen-bond donors (Lipinski definition) is 2. The van der Waals surface area contributed by atoms with Crippen LogP contribution < -0.4 is 9.62 Å². The van der Waals surface area contributed by atoms with Crippen molar-refractivity contribution in [2.75, 3.05) is 10.8 Å². The van der Waals surface area contributed by atoms with Crippen LogP contribution in [0.3, 0.4) is 0 Å². The Balaban J connectivity index is 1.67. The fraction of sp³-hybridized carbons (Fsp3) is 0.182. The van der Waals surface area contributed by atoms with Gasteiger partial charge in [-0.15, -0.1) is 0 Å². The van der Waals surface area contributed by atoms with Crippen molar-refractivity contribution < 1.29 is 26.7 Å². The number of pyridine rings is 1. The summed E-state index contributed by atoms with van der Waals surface area (Å²) in [5.41, 5.74) is -0.00389. The highest BCUT2D eigenvalue weighted by Gasteiger charge is 2.33. The largest absolute Gasteiger partial charge is 0.418 e. The van der Waals surface area contributed by atoms with Crippen LogP contribution in [0.25, 0.3) is 0 Å². The molecule has 1 heterocycles. The zero-order chi connectivity index (χ0) is 24.9. The van der Waals surface area contributed by atoms with Crippen molar-refractivity contribution in [1.82, 2.24) is 10.3 Å². The van der Waals surface area contributed by atoms with E-state index in [9.17, 15) is 26.7 Å². The molecule has 3 aromatic rings. The molecule has 0 saturated carbocycles. The number of aromatic nitrogens is 1. The maximum Gasteiger partial charge on any atom is 0.418 e. The quantitative estimate of drug-likeness (QED) is 0.375. The fourth-order valence-corrected chi connectivity index (χ4v) is 4.11. The lowest BCUT2D eigenvalue weighted by atomic mass is 10.1. The van der Waals surface area contributed by atoms with Crippen molar-refractivity contribution in [3.63, 3.8) is 0 Å². The van der Waals surface area contributed by atoms with Gasteiger partial charge in [0.1, 0.15) is 0 Å². The first kappa shape index (κ1) is 26.0. The third kappa shape index (κ3) is 6.47. The van der Waals surface area contributed by atoms with Gasteiger partial charge in [-0.25, -0.2) is 4.21 Å². The minimum Gasteiger partial charge on any atom is -0.346 e. The van der Waals surface area contributed by atoms with Gasteiger partial charge in [-0.3, -0.25) is 18.6 Å². The molecular formula is C22H18Cl2F3N3O3S. The lowest BCUT2D eigenvalue weighted by molar-refractivity contribution is -0.138. The smallest absolute Gasteiger partial charge is 0.346 e. The number of rotatable bonds is 8. The predicted octanol–water partition coefficient (Wildman–Crippen LogP) is 5.52. The van der Waals surface area contributed by atoms with Gasteiger partial charge >= 0.3 is 6.18 Å². The average molecular weight is 532 g/mol. The van der Waals surface area contributed by atoms with Crippen LogP contribution in [0.1, 0.15) is 27.2 Å². The molecule has 180 valence electrons. The van der Waals surface area contributed by atoms with Crippen molar-refractivity contribution in [1.29, 1.82) is 0 Å². The van der Waals surface area contributed by atoms with Crippen molar-refractivity contribution in [2.24, 2.45) is 0 Å². The van der Waals surface area contributed by atoms with Crippen molar-refractivity contribution in [2.45, 2.75) is 19.1 Å². The van der Waals surface area contributed by atoms with Crippen molar-refractivity contribution in [3.8, 4) is 0 Å². The Hall–Kier alpha value is -2.66. The molecule has 0 spiro atoms. The fourth-order valence-electron chi connectivity index (χ4n) is 3.14. The molecule has 1 aromatic heterocycles. The molecule has 0 aliphatic rings. The van der Waals surface area contributed by atoms with Gasteiger partial charge in [-0.05, 0) is 54.4 Å². The molecule has 0 saturated heterocycles. The summed E-state index contributed by atoms with van der Waals surface area (Å²) in [7, 11) is 0. The number of hydrogen-bond acceptors (Lipinski definition) is 3. The van der Waals surface area contributed by atoms with Gasteiger partial charge in [0.25, 0.3) is 17.2 Å². The van der Waals surface area contributed by atoms with E-state index in [2.05, 4.69) is 10.3 Å². The van der Waals surface area contributed by atoms with E-state index in [0.29, 0.717) is 27.7 Å². The highest BCUT2D eigenvalue weighted by molar-refractivity contribution is 7.80. The van der Waals surface area contributed by atoms with E-state index in [1.54, 1.807) is 18.2 Å². The Labute approximate surface area is 206 Å². The summed E-state index contributed by atoms with van der Waals surface area (Å²) in [5, 5.41) is 3.14. The van der Waals surface area contributed by atoms with Gasteiger partial charge in [-0.1, -0.05) is 35.3 Å². The maximum atomic E-state index is 13.1. The normalized spacial score (nSPS) is 12.3. The van der Waals surface area contributed by atoms with E-state index in [-0.39, 0.29) is 17.8 Å². The second kappa shape index (κ2) is 11.2. The molecule has 6 nitrogen and oxygen atoms in total. The minimum absolute atomic E-state index is 0.134. The third-order valence-electron chi connectivity index (χ3n) is 4.83. The molecule has 2 aromatic carbocycles. The van der Waals surface area contributed by atoms with Crippen LogP contribution in [0.2, 0.25) is 10.0 Å². The number of carbonyl (C=O) groups excluding carboxylic acids is 1. The highest BCUT2D eigenvalue weighted by Crippen LogP contribution is 2.31. The summed E-state index contributed by atoms with van der Waals surface area (Å²) >= 11 is 9.81. The highest BCUT2D eigenvalue weighted by atomic mass is 35.5. The summed E-state index contributed by atoms with van der Waals surface area (Å²) in [4.78, 5) is 16.1. The molecule has 12 heteroatoms. The van der Waals surface area contributed by atoms with Crippen LogP contribution >= 0.6 is 23.2 Å². The van der Waals surface area contributed by atoms with Crippen molar-refractivity contribution >= 4 is 46.1 Å². The SMILES string of the molecule is O=C(NCc1ncccc1C(F)(F)F)c1ccc(N(CCc2cccc(Cl)c2Cl)S(=O)O)cc1. The molecule has 0 aliphatic carbocycles. The average Bonchev–Trinajstić information content (AvgIpc) is 2.80. The maximum absolute atomic E-state index is 13.1. The Morgan fingerprint density at radius 1 is 1.09 bits per heavy atom. The Morgan fingerprint density at radius 2 is 1.79 bits per heavy atom. The zero-order valence-electron chi connectivity index (χ0n) is 17.4. The molecule has 1 amide bonds. The van der Waals surface area contributed by atoms with Gasteiger partial charge in [0.15, 0.2) is 0 Å². The molecule has 3 rings (SSSR count). The van der Waals surface area contributed by atoms with E-state index in [1.807, 2.05) is 0 Å². The van der Waals surface area contributed by atoms with Crippen molar-refractivity contribution in [3.05, 3.63) is 93.2 Å². The van der Waals surface area contributed by atoms with E-state index < -0.39 is 35.5 Å². The van der Waals surface area contributed by atoms with Crippen LogP contribution in [0.5, 0.6) is 0 Å². The Kier molecular flexibility index (Phi) is 8.53. The zero-order valence-corrected chi connectivity index (χ0v) is 19.7. The second-order valence-corrected chi connectivity index (χ2v) is 8.71. The molecule has 1 unspecified atom stereocenters. The van der Waals surface area contributed by atoms with Gasteiger partial charge in [0, 0.05) is 18.3 Å². The van der Waals surface area contributed by atoms with Gasteiger partial charge in [0.2, 0.25) is 0 Å². The number of benzene rings is 2. The first-order valence-corrected chi connectivity index (χ1v) is 11.6. The molecule has 0 bridgehead atoms. The van der Waals surface area contributed by atoms with E-state index in [1.165, 1.54) is 40.8 Å². The second-order valence-electron chi connectivity index (χ2n) is 7.02. The first-order chi connectivity index (χ1) is 16.1. The minimum atomic E-state index is -4.59. The molecular weight excluding hydrogens is 514 g/mol. The molecule has 34 heavy (non-hydrogen) atoms. The standard InChI is InChI=1S/C22H18Cl2F3N3O3S/c23-18-5-1-3-14(20(18)24)10-12-30(34(32)33)16-8-6-15(7-9-16)21(31)29-13-19-17(22(25,26)27)4-2-11-28-19/h1-9,11H,10,12-13H2,(H,29,31)(H,32,33). The molecule has 0 fully saturated rings. The van der Waals surface area contributed by atoms with Crippen LogP contribution in [-0.4, -0.2) is 26.2 Å². The topological polar surface area (TPSA) is 82.5 Å². The molecule has 1 atom stereocenters. The van der Waals surface area contributed by atoms with E-state index >= 15 is 0 Å².